The number of hydrogen-bond donors (Lipinski definition) is 0. The van der Waals surface area contributed by atoms with Crippen molar-refractivity contribution in [3.8, 4) is 5.75 Å². The average molecular weight is 422 g/mol. The molecule has 3 aromatic rings. The monoisotopic (exact) mass is 421 g/mol. The second-order valence-electron chi connectivity index (χ2n) is 6.51. The smallest absolute Gasteiger partial charge is 0.262 e. The fraction of sp³-hybridized carbons (Fsp3) is 0.0417. The van der Waals surface area contributed by atoms with Gasteiger partial charge in [0.1, 0.15) is 5.75 Å². The molecule has 0 saturated heterocycles. The third-order valence-electron chi connectivity index (χ3n) is 4.65. The SMILES string of the molecule is COc1ccc(C=C2C=C(c3ccccc3)N(c3ccc(Cl)c(Cl)c3)C2=O)cc1. The van der Waals surface area contributed by atoms with E-state index in [1.54, 1.807) is 30.2 Å². The zero-order valence-electron chi connectivity index (χ0n) is 15.6. The summed E-state index contributed by atoms with van der Waals surface area (Å²) in [6.07, 6.45) is 3.76. The molecular weight excluding hydrogens is 405 g/mol. The van der Waals surface area contributed by atoms with Gasteiger partial charge in [0.15, 0.2) is 0 Å². The molecule has 0 N–H and O–H groups in total. The molecule has 29 heavy (non-hydrogen) atoms. The zero-order chi connectivity index (χ0) is 20.4. The Morgan fingerprint density at radius 2 is 1.62 bits per heavy atom. The molecule has 0 spiro atoms. The van der Waals surface area contributed by atoms with Gasteiger partial charge in [-0.2, -0.15) is 0 Å². The van der Waals surface area contributed by atoms with Crippen LogP contribution in [0.4, 0.5) is 5.69 Å². The lowest BCUT2D eigenvalue weighted by Crippen LogP contribution is -2.24. The molecule has 144 valence electrons. The van der Waals surface area contributed by atoms with Gasteiger partial charge in [-0.05, 0) is 53.6 Å². The first-order chi connectivity index (χ1) is 14.1. The molecule has 0 bridgehead atoms. The number of methoxy groups -OCH3 is 1. The summed E-state index contributed by atoms with van der Waals surface area (Å²) < 4.78 is 5.20. The van der Waals surface area contributed by atoms with E-state index in [-0.39, 0.29) is 5.91 Å². The van der Waals surface area contributed by atoms with E-state index < -0.39 is 0 Å². The van der Waals surface area contributed by atoms with Crippen LogP contribution in [0.1, 0.15) is 11.1 Å². The first-order valence-electron chi connectivity index (χ1n) is 8.99. The van der Waals surface area contributed by atoms with Crippen molar-refractivity contribution in [1.29, 1.82) is 0 Å². The number of carbonyl (C=O) groups excluding carboxylic acids is 1. The lowest BCUT2D eigenvalue weighted by molar-refractivity contribution is -0.113. The van der Waals surface area contributed by atoms with E-state index >= 15 is 0 Å². The highest BCUT2D eigenvalue weighted by Gasteiger charge is 2.30. The third kappa shape index (κ3) is 3.93. The highest BCUT2D eigenvalue weighted by Crippen LogP contribution is 2.37. The first-order valence-corrected chi connectivity index (χ1v) is 9.75. The topological polar surface area (TPSA) is 29.5 Å². The van der Waals surface area contributed by atoms with E-state index in [0.717, 1.165) is 22.6 Å². The van der Waals surface area contributed by atoms with Crippen molar-refractivity contribution < 1.29 is 9.53 Å². The largest absolute Gasteiger partial charge is 0.497 e. The molecular formula is C24H17Cl2NO2. The quantitative estimate of drug-likeness (QED) is 0.451. The Kier molecular flexibility index (Phi) is 5.43. The molecule has 0 aliphatic carbocycles. The molecule has 0 saturated carbocycles. The van der Waals surface area contributed by atoms with Gasteiger partial charge in [-0.25, -0.2) is 0 Å². The van der Waals surface area contributed by atoms with Gasteiger partial charge in [0.25, 0.3) is 5.91 Å². The summed E-state index contributed by atoms with van der Waals surface area (Å²) in [7, 11) is 1.62. The average Bonchev–Trinajstić information content (AvgIpc) is 3.07. The summed E-state index contributed by atoms with van der Waals surface area (Å²) in [5.41, 5.74) is 3.88. The number of hydrogen-bond acceptors (Lipinski definition) is 2. The Morgan fingerprint density at radius 3 is 2.28 bits per heavy atom. The summed E-state index contributed by atoms with van der Waals surface area (Å²) in [5, 5.41) is 0.846. The highest BCUT2D eigenvalue weighted by molar-refractivity contribution is 6.42. The van der Waals surface area contributed by atoms with Crippen molar-refractivity contribution in [2.24, 2.45) is 0 Å². The van der Waals surface area contributed by atoms with E-state index in [9.17, 15) is 4.79 Å². The normalized spacial score (nSPS) is 15.0. The lowest BCUT2D eigenvalue weighted by Gasteiger charge is -2.21. The summed E-state index contributed by atoms with van der Waals surface area (Å²) in [6, 6.07) is 22.5. The van der Waals surface area contributed by atoms with E-state index in [4.69, 9.17) is 27.9 Å². The van der Waals surface area contributed by atoms with Gasteiger partial charge in [0, 0.05) is 5.57 Å². The molecule has 0 atom stereocenters. The minimum absolute atomic E-state index is 0.127. The predicted molar refractivity (Wildman–Crippen MR) is 119 cm³/mol. The molecule has 1 aliphatic rings. The molecule has 1 heterocycles. The van der Waals surface area contributed by atoms with Crippen molar-refractivity contribution in [1.82, 2.24) is 0 Å². The number of anilines is 1. The molecule has 1 amide bonds. The van der Waals surface area contributed by atoms with Crippen molar-refractivity contribution >= 4 is 46.6 Å². The molecule has 0 aromatic heterocycles. The van der Waals surface area contributed by atoms with E-state index in [1.807, 2.05) is 66.7 Å². The van der Waals surface area contributed by atoms with Crippen LogP contribution in [-0.4, -0.2) is 13.0 Å². The van der Waals surface area contributed by atoms with Crippen LogP contribution in [0.3, 0.4) is 0 Å². The van der Waals surface area contributed by atoms with Gasteiger partial charge in [-0.1, -0.05) is 65.7 Å². The standard InChI is InChI=1S/C24H17Cl2NO2/c1-29-20-10-7-16(8-11-20)13-18-14-23(17-5-3-2-4-6-17)27(24(18)28)19-9-12-21(25)22(26)15-19/h2-15H,1H3. The number of rotatable bonds is 4. The van der Waals surface area contributed by atoms with Gasteiger partial charge in [0.2, 0.25) is 0 Å². The number of ether oxygens (including phenoxy) is 1. The van der Waals surface area contributed by atoms with E-state index in [2.05, 4.69) is 0 Å². The maximum absolute atomic E-state index is 13.3. The van der Waals surface area contributed by atoms with Crippen LogP contribution in [0.25, 0.3) is 11.8 Å². The first kappa shape index (κ1) is 19.3. The van der Waals surface area contributed by atoms with Gasteiger partial charge in [-0.3, -0.25) is 9.69 Å². The van der Waals surface area contributed by atoms with Crippen LogP contribution >= 0.6 is 23.2 Å². The maximum atomic E-state index is 13.3. The minimum Gasteiger partial charge on any atom is -0.497 e. The molecule has 0 fully saturated rings. The van der Waals surface area contributed by atoms with Crippen LogP contribution in [0.5, 0.6) is 5.75 Å². The molecule has 0 unspecified atom stereocenters. The second-order valence-corrected chi connectivity index (χ2v) is 7.32. The molecule has 0 radical (unpaired) electrons. The van der Waals surface area contributed by atoms with E-state index in [0.29, 0.717) is 21.3 Å². The third-order valence-corrected chi connectivity index (χ3v) is 5.39. The summed E-state index contributed by atoms with van der Waals surface area (Å²) in [6.45, 7) is 0. The second kappa shape index (κ2) is 8.16. The van der Waals surface area contributed by atoms with Crippen LogP contribution in [0, 0.1) is 0 Å². The Hall–Kier alpha value is -3.01. The molecule has 3 nitrogen and oxygen atoms in total. The number of nitrogens with zero attached hydrogens (tertiary/aromatic N) is 1. The number of amides is 1. The van der Waals surface area contributed by atoms with Gasteiger partial charge >= 0.3 is 0 Å². The summed E-state index contributed by atoms with van der Waals surface area (Å²) >= 11 is 12.3. The van der Waals surface area contributed by atoms with Crippen LogP contribution in [0.15, 0.2) is 84.4 Å². The van der Waals surface area contributed by atoms with Gasteiger partial charge in [0.05, 0.1) is 28.5 Å². The predicted octanol–water partition coefficient (Wildman–Crippen LogP) is 6.47. The van der Waals surface area contributed by atoms with Crippen LogP contribution in [-0.2, 0) is 4.79 Å². The Balaban J connectivity index is 1.80. The Labute approximate surface area is 179 Å². The maximum Gasteiger partial charge on any atom is 0.262 e. The minimum atomic E-state index is -0.127. The number of halogens is 2. The van der Waals surface area contributed by atoms with E-state index in [1.165, 1.54) is 0 Å². The van der Waals surface area contributed by atoms with Crippen molar-refractivity contribution in [3.05, 3.63) is 106 Å². The van der Waals surface area contributed by atoms with Gasteiger partial charge < -0.3 is 4.74 Å². The van der Waals surface area contributed by atoms with Crippen LogP contribution in [0.2, 0.25) is 10.0 Å². The van der Waals surface area contributed by atoms with Crippen molar-refractivity contribution in [2.45, 2.75) is 0 Å². The molecule has 4 rings (SSSR count). The number of carbonyl (C=O) groups is 1. The molecule has 5 heteroatoms. The van der Waals surface area contributed by atoms with Crippen molar-refractivity contribution in [2.75, 3.05) is 12.0 Å². The fourth-order valence-electron chi connectivity index (χ4n) is 3.20. The van der Waals surface area contributed by atoms with Crippen LogP contribution < -0.4 is 9.64 Å². The van der Waals surface area contributed by atoms with Gasteiger partial charge in [-0.15, -0.1) is 0 Å². The summed E-state index contributed by atoms with van der Waals surface area (Å²) in [5.74, 6) is 0.640. The lowest BCUT2D eigenvalue weighted by atomic mass is 10.1. The molecule has 3 aromatic carbocycles. The summed E-state index contributed by atoms with van der Waals surface area (Å²) in [4.78, 5) is 15.0. The molecule has 1 aliphatic heterocycles. The Morgan fingerprint density at radius 1 is 0.897 bits per heavy atom. The highest BCUT2D eigenvalue weighted by atomic mass is 35.5. The fourth-order valence-corrected chi connectivity index (χ4v) is 3.49. The Bertz CT molecular complexity index is 1120. The number of benzene rings is 3. The zero-order valence-corrected chi connectivity index (χ0v) is 17.1. The van der Waals surface area contributed by atoms with Crippen molar-refractivity contribution in [3.63, 3.8) is 0 Å².